The lowest BCUT2D eigenvalue weighted by atomic mass is 9.84. The second-order valence-corrected chi connectivity index (χ2v) is 5.70. The molecule has 1 heterocycles. The van der Waals surface area contributed by atoms with Gasteiger partial charge >= 0.3 is 5.97 Å². The van der Waals surface area contributed by atoms with E-state index in [0.717, 1.165) is 12.8 Å². The van der Waals surface area contributed by atoms with Gasteiger partial charge in [-0.05, 0) is 12.8 Å². The van der Waals surface area contributed by atoms with Crippen molar-refractivity contribution < 1.29 is 14.3 Å². The number of rotatable bonds is 2. The molecule has 0 bridgehead atoms. The predicted molar refractivity (Wildman–Crippen MR) is 62.9 cm³/mol. The Morgan fingerprint density at radius 2 is 1.81 bits per heavy atom. The van der Waals surface area contributed by atoms with Crippen LogP contribution in [0.15, 0.2) is 0 Å². The van der Waals surface area contributed by atoms with Gasteiger partial charge in [0.1, 0.15) is 0 Å². The zero-order valence-corrected chi connectivity index (χ0v) is 11.3. The number of cyclic esters (lactones) is 1. The van der Waals surface area contributed by atoms with Gasteiger partial charge in [-0.25, -0.2) is 0 Å². The van der Waals surface area contributed by atoms with Gasteiger partial charge in [-0.3, -0.25) is 4.79 Å². The Labute approximate surface area is 98.5 Å². The molecule has 0 aromatic carbocycles. The van der Waals surface area contributed by atoms with Crippen LogP contribution in [0.1, 0.15) is 54.4 Å². The van der Waals surface area contributed by atoms with Crippen molar-refractivity contribution in [1.29, 1.82) is 0 Å². The van der Waals surface area contributed by atoms with E-state index < -0.39 is 5.79 Å². The number of carbonyl (C=O) groups is 1. The minimum atomic E-state index is -0.809. The molecular weight excluding hydrogens is 204 g/mol. The van der Waals surface area contributed by atoms with Crippen LogP contribution in [0.3, 0.4) is 0 Å². The second kappa shape index (κ2) is 4.36. The summed E-state index contributed by atoms with van der Waals surface area (Å²) in [5, 5.41) is 0. The summed E-state index contributed by atoms with van der Waals surface area (Å²) >= 11 is 0. The largest absolute Gasteiger partial charge is 0.432 e. The number of hydrogen-bond acceptors (Lipinski definition) is 3. The molecule has 1 fully saturated rings. The normalized spacial score (nSPS) is 36.0. The molecule has 1 aliphatic rings. The molecule has 1 aliphatic heterocycles. The first-order valence-corrected chi connectivity index (χ1v) is 6.15. The predicted octanol–water partition coefficient (Wildman–Crippen LogP) is 3.13. The molecule has 16 heavy (non-hydrogen) atoms. The van der Waals surface area contributed by atoms with Crippen molar-refractivity contribution in [3.63, 3.8) is 0 Å². The van der Waals surface area contributed by atoms with Crippen LogP contribution < -0.4 is 0 Å². The van der Waals surface area contributed by atoms with Gasteiger partial charge in [0.25, 0.3) is 0 Å². The third-order valence-electron chi connectivity index (χ3n) is 3.63. The Kier molecular flexibility index (Phi) is 3.68. The molecule has 94 valence electrons. The molecule has 1 rings (SSSR count). The fourth-order valence-corrected chi connectivity index (χ4v) is 1.94. The topological polar surface area (TPSA) is 35.5 Å². The van der Waals surface area contributed by atoms with Gasteiger partial charge in [-0.1, -0.05) is 34.6 Å². The first-order chi connectivity index (χ1) is 7.25. The Bertz CT molecular complexity index is 267. The van der Waals surface area contributed by atoms with Gasteiger partial charge in [0.05, 0.1) is 12.0 Å². The monoisotopic (exact) mass is 228 g/mol. The van der Waals surface area contributed by atoms with Crippen molar-refractivity contribution in [1.82, 2.24) is 0 Å². The number of esters is 1. The molecule has 0 aromatic rings. The van der Waals surface area contributed by atoms with Crippen molar-refractivity contribution in [3.05, 3.63) is 0 Å². The highest BCUT2D eigenvalue weighted by atomic mass is 16.7. The average molecular weight is 228 g/mol. The zero-order valence-electron chi connectivity index (χ0n) is 11.3. The van der Waals surface area contributed by atoms with Crippen LogP contribution in [0.5, 0.6) is 0 Å². The van der Waals surface area contributed by atoms with Crippen molar-refractivity contribution >= 4 is 5.97 Å². The number of carbonyl (C=O) groups excluding carboxylic acids is 1. The Morgan fingerprint density at radius 3 is 2.19 bits per heavy atom. The number of ether oxygens (including phenoxy) is 2. The minimum absolute atomic E-state index is 0.0181. The molecule has 0 radical (unpaired) electrons. The average Bonchev–Trinajstić information content (AvgIpc) is 2.15. The molecule has 0 saturated carbocycles. The number of hydrogen-bond donors (Lipinski definition) is 0. The maximum atomic E-state index is 12.0. The maximum Gasteiger partial charge on any atom is 0.314 e. The summed E-state index contributed by atoms with van der Waals surface area (Å²) in [5.74, 6) is -1.03. The molecule has 3 heteroatoms. The van der Waals surface area contributed by atoms with Crippen LogP contribution in [-0.4, -0.2) is 17.9 Å². The molecule has 0 aromatic heterocycles. The first kappa shape index (κ1) is 13.5. The third kappa shape index (κ3) is 2.24. The highest BCUT2D eigenvalue weighted by Gasteiger charge is 2.50. The highest BCUT2D eigenvalue weighted by Crippen LogP contribution is 2.41. The van der Waals surface area contributed by atoms with Crippen LogP contribution in [0.25, 0.3) is 0 Å². The molecule has 3 unspecified atom stereocenters. The van der Waals surface area contributed by atoms with Gasteiger partial charge in [-0.2, -0.15) is 0 Å². The van der Waals surface area contributed by atoms with Crippen molar-refractivity contribution in [3.8, 4) is 0 Å². The van der Waals surface area contributed by atoms with E-state index >= 15 is 0 Å². The van der Waals surface area contributed by atoms with Gasteiger partial charge in [0, 0.05) is 12.3 Å². The van der Waals surface area contributed by atoms with Gasteiger partial charge < -0.3 is 9.47 Å². The fourth-order valence-electron chi connectivity index (χ4n) is 1.94. The molecule has 0 spiro atoms. The lowest BCUT2D eigenvalue weighted by Crippen LogP contribution is -2.56. The summed E-state index contributed by atoms with van der Waals surface area (Å²) in [6, 6.07) is 0. The smallest absolute Gasteiger partial charge is 0.314 e. The quantitative estimate of drug-likeness (QED) is 0.681. The van der Waals surface area contributed by atoms with Crippen LogP contribution in [0.2, 0.25) is 0 Å². The molecular formula is C13H24O3. The van der Waals surface area contributed by atoms with Crippen LogP contribution >= 0.6 is 0 Å². The highest BCUT2D eigenvalue weighted by molar-refractivity contribution is 5.74. The van der Waals surface area contributed by atoms with Crippen LogP contribution in [0, 0.1) is 11.3 Å². The van der Waals surface area contributed by atoms with E-state index in [2.05, 4.69) is 6.92 Å². The van der Waals surface area contributed by atoms with E-state index in [1.54, 1.807) is 0 Å². The van der Waals surface area contributed by atoms with Crippen molar-refractivity contribution in [2.45, 2.75) is 66.3 Å². The lowest BCUT2D eigenvalue weighted by Gasteiger charge is -2.48. The summed E-state index contributed by atoms with van der Waals surface area (Å²) < 4.78 is 11.5. The Balaban J connectivity index is 2.94. The maximum absolute atomic E-state index is 12.0. The Morgan fingerprint density at radius 1 is 1.25 bits per heavy atom. The second-order valence-electron chi connectivity index (χ2n) is 5.70. The third-order valence-corrected chi connectivity index (χ3v) is 3.63. The molecule has 0 aliphatic carbocycles. The van der Waals surface area contributed by atoms with E-state index in [-0.39, 0.29) is 23.4 Å². The van der Waals surface area contributed by atoms with E-state index in [1.165, 1.54) is 0 Å². The SMILES string of the molecule is CCC1OC(C)(C(C)(C)C)OC(=O)C1CC. The molecule has 0 N–H and O–H groups in total. The first-order valence-electron chi connectivity index (χ1n) is 6.15. The van der Waals surface area contributed by atoms with Gasteiger partial charge in [0.2, 0.25) is 5.79 Å². The summed E-state index contributed by atoms with van der Waals surface area (Å²) in [6.07, 6.45) is 1.60. The molecule has 3 atom stereocenters. The van der Waals surface area contributed by atoms with Gasteiger partial charge in [0.15, 0.2) is 0 Å². The summed E-state index contributed by atoms with van der Waals surface area (Å²) in [5.41, 5.74) is -0.214. The summed E-state index contributed by atoms with van der Waals surface area (Å²) in [4.78, 5) is 12.0. The molecule has 0 amide bonds. The van der Waals surface area contributed by atoms with Crippen molar-refractivity contribution in [2.75, 3.05) is 0 Å². The molecule has 3 nitrogen and oxygen atoms in total. The van der Waals surface area contributed by atoms with Crippen molar-refractivity contribution in [2.24, 2.45) is 11.3 Å². The van der Waals surface area contributed by atoms with E-state index in [9.17, 15) is 4.79 Å². The van der Waals surface area contributed by atoms with E-state index in [0.29, 0.717) is 0 Å². The standard InChI is InChI=1S/C13H24O3/c1-7-9-10(8-2)15-13(6,12(3,4)5)16-11(9)14/h9-10H,7-8H2,1-6H3. The van der Waals surface area contributed by atoms with Crippen LogP contribution in [0.4, 0.5) is 0 Å². The van der Waals surface area contributed by atoms with E-state index in [4.69, 9.17) is 9.47 Å². The van der Waals surface area contributed by atoms with Crippen LogP contribution in [-0.2, 0) is 14.3 Å². The van der Waals surface area contributed by atoms with E-state index in [1.807, 2.05) is 34.6 Å². The van der Waals surface area contributed by atoms with Gasteiger partial charge in [-0.15, -0.1) is 0 Å². The zero-order chi connectivity index (χ0) is 12.6. The lowest BCUT2D eigenvalue weighted by molar-refractivity contribution is -0.316. The summed E-state index contributed by atoms with van der Waals surface area (Å²) in [7, 11) is 0. The summed E-state index contributed by atoms with van der Waals surface area (Å²) in [6.45, 7) is 12.0. The Hall–Kier alpha value is -0.570. The molecule has 1 saturated heterocycles. The fraction of sp³-hybridized carbons (Fsp3) is 0.923. The minimum Gasteiger partial charge on any atom is -0.432 e.